The molecule has 0 spiro atoms. The number of hydrogen-bond donors (Lipinski definition) is 2. The first kappa shape index (κ1) is 13.8. The summed E-state index contributed by atoms with van der Waals surface area (Å²) in [5.41, 5.74) is 2.08. The first-order valence-corrected chi connectivity index (χ1v) is 6.20. The summed E-state index contributed by atoms with van der Waals surface area (Å²) in [6.45, 7) is 3.85. The molecule has 0 bridgehead atoms. The molecule has 0 aliphatic rings. The molecule has 0 fully saturated rings. The van der Waals surface area contributed by atoms with Crippen LogP contribution in [0.3, 0.4) is 0 Å². The molecule has 1 aromatic carbocycles. The van der Waals surface area contributed by atoms with Crippen LogP contribution in [0.5, 0.6) is 0 Å². The van der Waals surface area contributed by atoms with Crippen LogP contribution in [-0.4, -0.2) is 28.5 Å². The summed E-state index contributed by atoms with van der Waals surface area (Å²) in [6, 6.07) is 6.49. The maximum Gasteiger partial charge on any atom is 0.338 e. The third-order valence-corrected chi connectivity index (χ3v) is 2.70. The van der Waals surface area contributed by atoms with Gasteiger partial charge in [-0.05, 0) is 38.1 Å². The summed E-state index contributed by atoms with van der Waals surface area (Å²) in [7, 11) is 0. The number of nitrogens with one attached hydrogen (secondary N) is 2. The highest BCUT2D eigenvalue weighted by Gasteiger charge is 2.12. The second-order valence-electron chi connectivity index (χ2n) is 4.13. The Morgan fingerprint density at radius 2 is 2.00 bits per heavy atom. The molecule has 104 valence electrons. The molecule has 0 aliphatic carbocycles. The average Bonchev–Trinajstić information content (AvgIpc) is 2.86. The summed E-state index contributed by atoms with van der Waals surface area (Å²) in [6.07, 6.45) is 1.47. The van der Waals surface area contributed by atoms with Crippen molar-refractivity contribution >= 4 is 17.6 Å². The number of anilines is 1. The number of rotatable bonds is 4. The minimum atomic E-state index is -0.381. The molecule has 20 heavy (non-hydrogen) atoms. The van der Waals surface area contributed by atoms with Gasteiger partial charge in [0, 0.05) is 11.4 Å². The molecule has 1 amide bonds. The molecule has 0 unspecified atom stereocenters. The molecule has 1 heterocycles. The van der Waals surface area contributed by atoms with Crippen LogP contribution in [0.25, 0.3) is 0 Å². The van der Waals surface area contributed by atoms with Gasteiger partial charge in [0.2, 0.25) is 0 Å². The van der Waals surface area contributed by atoms with Gasteiger partial charge in [-0.1, -0.05) is 0 Å². The minimum Gasteiger partial charge on any atom is -0.462 e. The summed E-state index contributed by atoms with van der Waals surface area (Å²) in [5.74, 6) is -0.679. The van der Waals surface area contributed by atoms with Crippen LogP contribution < -0.4 is 5.32 Å². The molecule has 2 N–H and O–H groups in total. The van der Waals surface area contributed by atoms with Crippen molar-refractivity contribution in [2.75, 3.05) is 11.9 Å². The second kappa shape index (κ2) is 6.01. The van der Waals surface area contributed by atoms with Crippen molar-refractivity contribution < 1.29 is 14.3 Å². The van der Waals surface area contributed by atoms with E-state index >= 15 is 0 Å². The number of esters is 1. The lowest BCUT2D eigenvalue weighted by Gasteiger charge is -2.05. The maximum absolute atomic E-state index is 11.9. The van der Waals surface area contributed by atoms with Gasteiger partial charge in [0.15, 0.2) is 0 Å². The van der Waals surface area contributed by atoms with Gasteiger partial charge >= 0.3 is 5.97 Å². The molecular weight excluding hydrogens is 258 g/mol. The van der Waals surface area contributed by atoms with E-state index in [2.05, 4.69) is 15.3 Å². The average molecular weight is 273 g/mol. The normalized spacial score (nSPS) is 10.1. The van der Waals surface area contributed by atoms with E-state index in [-0.39, 0.29) is 11.9 Å². The Bertz CT molecular complexity index is 617. The van der Waals surface area contributed by atoms with Crippen LogP contribution in [-0.2, 0) is 4.74 Å². The molecule has 0 radical (unpaired) electrons. The topological polar surface area (TPSA) is 84.1 Å². The van der Waals surface area contributed by atoms with E-state index in [1.807, 2.05) is 0 Å². The number of aromatic amines is 1. The molecule has 6 nitrogen and oxygen atoms in total. The summed E-state index contributed by atoms with van der Waals surface area (Å²) in [4.78, 5) is 30.2. The molecule has 6 heteroatoms. The van der Waals surface area contributed by atoms with Crippen LogP contribution in [0.2, 0.25) is 0 Å². The zero-order chi connectivity index (χ0) is 14.5. The number of ether oxygens (including phenoxy) is 1. The Morgan fingerprint density at radius 1 is 1.30 bits per heavy atom. The predicted molar refractivity (Wildman–Crippen MR) is 73.7 cm³/mol. The van der Waals surface area contributed by atoms with Crippen molar-refractivity contribution in [2.24, 2.45) is 0 Å². The van der Waals surface area contributed by atoms with Crippen molar-refractivity contribution in [1.29, 1.82) is 0 Å². The molecule has 0 aliphatic heterocycles. The van der Waals surface area contributed by atoms with Gasteiger partial charge in [-0.15, -0.1) is 0 Å². The van der Waals surface area contributed by atoms with Gasteiger partial charge in [-0.2, -0.15) is 0 Å². The lowest BCUT2D eigenvalue weighted by atomic mass is 10.2. The number of hydrogen-bond acceptors (Lipinski definition) is 4. The number of carbonyl (C=O) groups is 2. The van der Waals surface area contributed by atoms with E-state index in [4.69, 9.17) is 4.74 Å². The quantitative estimate of drug-likeness (QED) is 0.836. The van der Waals surface area contributed by atoms with Gasteiger partial charge in [0.1, 0.15) is 5.69 Å². The Morgan fingerprint density at radius 3 is 2.55 bits per heavy atom. The number of aryl methyl sites for hydroxylation is 1. The molecule has 1 aromatic heterocycles. The number of carbonyl (C=O) groups excluding carboxylic acids is 2. The number of benzene rings is 1. The highest BCUT2D eigenvalue weighted by molar-refractivity contribution is 6.03. The van der Waals surface area contributed by atoms with E-state index in [9.17, 15) is 9.59 Å². The zero-order valence-electron chi connectivity index (χ0n) is 11.3. The first-order chi connectivity index (χ1) is 9.61. The van der Waals surface area contributed by atoms with Crippen molar-refractivity contribution in [2.45, 2.75) is 13.8 Å². The summed E-state index contributed by atoms with van der Waals surface area (Å²) in [5, 5.41) is 2.71. The third-order valence-electron chi connectivity index (χ3n) is 2.70. The highest BCUT2D eigenvalue weighted by atomic mass is 16.5. The number of nitrogens with zero attached hydrogens (tertiary/aromatic N) is 1. The number of imidazole rings is 1. The van der Waals surface area contributed by atoms with Crippen molar-refractivity contribution in [1.82, 2.24) is 9.97 Å². The number of amides is 1. The van der Waals surface area contributed by atoms with Crippen LogP contribution in [0.4, 0.5) is 5.69 Å². The highest BCUT2D eigenvalue weighted by Crippen LogP contribution is 2.12. The minimum absolute atomic E-state index is 0.298. The largest absolute Gasteiger partial charge is 0.462 e. The van der Waals surface area contributed by atoms with Crippen molar-refractivity contribution in [3.8, 4) is 0 Å². The van der Waals surface area contributed by atoms with E-state index in [1.54, 1.807) is 38.1 Å². The lowest BCUT2D eigenvalue weighted by Crippen LogP contribution is -2.13. The third kappa shape index (κ3) is 3.03. The van der Waals surface area contributed by atoms with Crippen LogP contribution >= 0.6 is 0 Å². The fraction of sp³-hybridized carbons (Fsp3) is 0.214. The summed E-state index contributed by atoms with van der Waals surface area (Å²) >= 11 is 0. The molecule has 0 atom stereocenters. The van der Waals surface area contributed by atoms with Crippen LogP contribution in [0, 0.1) is 6.92 Å². The van der Waals surface area contributed by atoms with Crippen LogP contribution in [0.15, 0.2) is 30.6 Å². The lowest BCUT2D eigenvalue weighted by molar-refractivity contribution is 0.0526. The van der Waals surface area contributed by atoms with E-state index in [0.717, 1.165) is 0 Å². The van der Waals surface area contributed by atoms with E-state index in [0.29, 0.717) is 29.2 Å². The van der Waals surface area contributed by atoms with Gasteiger partial charge in [-0.3, -0.25) is 4.79 Å². The smallest absolute Gasteiger partial charge is 0.338 e. The van der Waals surface area contributed by atoms with E-state index < -0.39 is 0 Å². The number of aromatic nitrogens is 2. The molecule has 2 rings (SSSR count). The monoisotopic (exact) mass is 273 g/mol. The zero-order valence-corrected chi connectivity index (χ0v) is 11.3. The fourth-order valence-corrected chi connectivity index (χ4v) is 1.68. The molecule has 0 saturated heterocycles. The first-order valence-electron chi connectivity index (χ1n) is 6.20. The van der Waals surface area contributed by atoms with Gasteiger partial charge < -0.3 is 15.0 Å². The SMILES string of the molecule is CCOC(=O)c1ccc(NC(=O)c2nc[nH]c2C)cc1. The van der Waals surface area contributed by atoms with Gasteiger partial charge in [0.25, 0.3) is 5.91 Å². The summed E-state index contributed by atoms with van der Waals surface area (Å²) < 4.78 is 4.88. The fourth-order valence-electron chi connectivity index (χ4n) is 1.68. The Balaban J connectivity index is 2.06. The van der Waals surface area contributed by atoms with Crippen LogP contribution in [0.1, 0.15) is 33.5 Å². The van der Waals surface area contributed by atoms with Gasteiger partial charge in [-0.25, -0.2) is 9.78 Å². The molecular formula is C14H15N3O3. The molecule has 2 aromatic rings. The number of H-pyrrole nitrogens is 1. The van der Waals surface area contributed by atoms with E-state index in [1.165, 1.54) is 6.33 Å². The van der Waals surface area contributed by atoms with Crippen molar-refractivity contribution in [3.05, 3.63) is 47.5 Å². The second-order valence-corrected chi connectivity index (χ2v) is 4.13. The van der Waals surface area contributed by atoms with Crippen molar-refractivity contribution in [3.63, 3.8) is 0 Å². The Labute approximate surface area is 116 Å². The maximum atomic E-state index is 11.9. The standard InChI is InChI=1S/C14H15N3O3/c1-3-20-14(19)10-4-6-11(7-5-10)17-13(18)12-9(2)15-8-16-12/h4-8H,3H2,1-2H3,(H,15,16)(H,17,18). The Kier molecular flexibility index (Phi) is 4.14. The predicted octanol–water partition coefficient (Wildman–Crippen LogP) is 2.15. The molecule has 0 saturated carbocycles. The van der Waals surface area contributed by atoms with Gasteiger partial charge in [0.05, 0.1) is 18.5 Å². The Hall–Kier alpha value is -2.63.